The Kier molecular flexibility index (Phi) is 17.2. The van der Waals surface area contributed by atoms with E-state index in [9.17, 15) is 43.5 Å². The molecule has 0 spiro atoms. The summed E-state index contributed by atoms with van der Waals surface area (Å²) in [5.74, 6) is -2.91. The normalized spacial score (nSPS) is 16.4. The van der Waals surface area contributed by atoms with Gasteiger partial charge in [-0.3, -0.25) is 48.2 Å². The highest BCUT2D eigenvalue weighted by atomic mass is 16.6. The molecular formula is C50H54N2O14. The molecule has 1 saturated heterocycles. The number of benzene rings is 4. The van der Waals surface area contributed by atoms with E-state index in [0.29, 0.717) is 35.7 Å². The molecule has 16 nitrogen and oxygen atoms in total. The topological polar surface area (TPSA) is 213 Å². The van der Waals surface area contributed by atoms with E-state index in [1.165, 1.54) is 13.3 Å². The van der Waals surface area contributed by atoms with E-state index in [1.807, 2.05) is 6.92 Å². The fourth-order valence-corrected chi connectivity index (χ4v) is 6.64. The first-order chi connectivity index (χ1) is 31.5. The molecule has 3 heterocycles. The first kappa shape index (κ1) is 50.0. The summed E-state index contributed by atoms with van der Waals surface area (Å²) < 4.78 is 26.3. The van der Waals surface area contributed by atoms with Gasteiger partial charge >= 0.3 is 11.9 Å². The van der Waals surface area contributed by atoms with Crippen LogP contribution in [0.2, 0.25) is 0 Å². The number of rotatable bonds is 19. The van der Waals surface area contributed by atoms with Gasteiger partial charge in [0.2, 0.25) is 0 Å². The van der Waals surface area contributed by atoms with Gasteiger partial charge in [0.25, 0.3) is 23.6 Å². The molecule has 0 aliphatic carbocycles. The van der Waals surface area contributed by atoms with Crippen LogP contribution in [-0.2, 0) is 23.8 Å². The van der Waals surface area contributed by atoms with E-state index >= 15 is 0 Å². The van der Waals surface area contributed by atoms with Crippen LogP contribution in [0.5, 0.6) is 11.5 Å². The summed E-state index contributed by atoms with van der Waals surface area (Å²) in [6, 6.07) is 25.8. The number of imide groups is 2. The highest BCUT2D eigenvalue weighted by Gasteiger charge is 2.47. The zero-order valence-corrected chi connectivity index (χ0v) is 37.7. The molecule has 4 amide bonds. The van der Waals surface area contributed by atoms with Crippen molar-refractivity contribution >= 4 is 47.1 Å². The second kappa shape index (κ2) is 22.7. The van der Waals surface area contributed by atoms with Crippen LogP contribution in [0.25, 0.3) is 0 Å². The minimum atomic E-state index is -1.41. The third-order valence-electron chi connectivity index (χ3n) is 10.4. The van der Waals surface area contributed by atoms with Crippen molar-refractivity contribution in [2.75, 3.05) is 46.1 Å². The van der Waals surface area contributed by atoms with Gasteiger partial charge < -0.3 is 28.8 Å². The molecule has 1 fully saturated rings. The Morgan fingerprint density at radius 3 is 1.33 bits per heavy atom. The monoisotopic (exact) mass is 906 g/mol. The van der Waals surface area contributed by atoms with E-state index in [1.54, 1.807) is 104 Å². The number of carbonyl (C=O) groups excluding carboxylic acids is 8. The van der Waals surface area contributed by atoms with E-state index in [2.05, 4.69) is 13.8 Å². The third kappa shape index (κ3) is 12.6. The first-order valence-electron chi connectivity index (χ1n) is 21.7. The van der Waals surface area contributed by atoms with Crippen LogP contribution in [0.4, 0.5) is 0 Å². The zero-order chi connectivity index (χ0) is 48.0. The SMILES string of the molecule is CC1(C(=O)c2ccc(OCCOC(=O)CN3C(=O)c4ccccc4C3=O)cc2)CO1.CCC.CCCCC(C)(O)C(=O)c1ccc(OCCOC(=O)CN2C(=O)c3ccccc3C2=O)cc1. The number of ketones is 2. The Morgan fingerprint density at radius 1 is 0.621 bits per heavy atom. The fraction of sp³-hybridized carbons (Fsp3) is 0.360. The molecule has 0 radical (unpaired) electrons. The van der Waals surface area contributed by atoms with Crippen LogP contribution >= 0.6 is 0 Å². The van der Waals surface area contributed by atoms with Crippen molar-refractivity contribution in [2.24, 2.45) is 0 Å². The number of hydrogen-bond donors (Lipinski definition) is 1. The van der Waals surface area contributed by atoms with Gasteiger partial charge in [0.05, 0.1) is 28.9 Å². The quantitative estimate of drug-likeness (QED) is 0.0359. The fourth-order valence-electron chi connectivity index (χ4n) is 6.64. The van der Waals surface area contributed by atoms with Crippen molar-refractivity contribution in [3.63, 3.8) is 0 Å². The minimum Gasteiger partial charge on any atom is -0.490 e. The Hall–Kier alpha value is -7.04. The predicted octanol–water partition coefficient (Wildman–Crippen LogP) is 6.32. The van der Waals surface area contributed by atoms with Gasteiger partial charge in [0.1, 0.15) is 56.6 Å². The molecule has 0 saturated carbocycles. The van der Waals surface area contributed by atoms with E-state index in [-0.39, 0.29) is 60.2 Å². The number of amides is 4. The summed E-state index contributed by atoms with van der Waals surface area (Å²) in [7, 11) is 0. The molecule has 3 aliphatic rings. The summed E-state index contributed by atoms with van der Waals surface area (Å²) in [4.78, 5) is 99.5. The van der Waals surface area contributed by atoms with Gasteiger partial charge in [-0.2, -0.15) is 0 Å². The van der Waals surface area contributed by atoms with Crippen LogP contribution < -0.4 is 9.47 Å². The van der Waals surface area contributed by atoms with Gasteiger partial charge in [0.15, 0.2) is 17.2 Å². The highest BCUT2D eigenvalue weighted by molar-refractivity contribution is 6.23. The molecular weight excluding hydrogens is 853 g/mol. The van der Waals surface area contributed by atoms with Crippen molar-refractivity contribution in [1.82, 2.24) is 9.80 Å². The van der Waals surface area contributed by atoms with Crippen molar-refractivity contribution < 1.29 is 67.1 Å². The van der Waals surface area contributed by atoms with E-state index < -0.39 is 59.9 Å². The number of carbonyl (C=O) groups is 8. The van der Waals surface area contributed by atoms with Gasteiger partial charge in [0, 0.05) is 11.1 Å². The molecule has 7 rings (SSSR count). The number of esters is 2. The number of ether oxygens (including phenoxy) is 5. The number of unbranched alkanes of at least 4 members (excludes halogenated alkanes) is 1. The molecule has 16 heteroatoms. The molecule has 1 N–H and O–H groups in total. The van der Waals surface area contributed by atoms with Crippen molar-refractivity contribution in [1.29, 1.82) is 0 Å². The molecule has 66 heavy (non-hydrogen) atoms. The highest BCUT2D eigenvalue weighted by Crippen LogP contribution is 2.31. The third-order valence-corrected chi connectivity index (χ3v) is 10.4. The minimum absolute atomic E-state index is 0.0470. The average molecular weight is 907 g/mol. The molecule has 3 aliphatic heterocycles. The van der Waals surface area contributed by atoms with E-state index in [4.69, 9.17) is 23.7 Å². The lowest BCUT2D eigenvalue weighted by Crippen LogP contribution is -2.36. The summed E-state index contributed by atoms with van der Waals surface area (Å²) in [6.45, 7) is 9.03. The Morgan fingerprint density at radius 2 is 0.985 bits per heavy atom. The maximum atomic E-state index is 12.5. The second-order valence-corrected chi connectivity index (χ2v) is 15.9. The number of fused-ring (bicyclic) bond motifs is 2. The second-order valence-electron chi connectivity index (χ2n) is 15.9. The van der Waals surface area contributed by atoms with Crippen LogP contribution in [0.3, 0.4) is 0 Å². The molecule has 4 aromatic rings. The van der Waals surface area contributed by atoms with Crippen LogP contribution in [0, 0.1) is 0 Å². The number of aliphatic hydroxyl groups is 1. The smallest absolute Gasteiger partial charge is 0.326 e. The Balaban J connectivity index is 0.000000234. The van der Waals surface area contributed by atoms with Crippen LogP contribution in [0.1, 0.15) is 122 Å². The summed E-state index contributed by atoms with van der Waals surface area (Å²) >= 11 is 0. The predicted molar refractivity (Wildman–Crippen MR) is 239 cm³/mol. The number of epoxide rings is 1. The lowest BCUT2D eigenvalue weighted by atomic mass is 9.90. The van der Waals surface area contributed by atoms with Crippen LogP contribution in [-0.4, -0.2) is 119 Å². The summed E-state index contributed by atoms with van der Waals surface area (Å²) in [6.07, 6.45) is 3.29. The number of hydrogen-bond acceptors (Lipinski definition) is 14. The average Bonchev–Trinajstić information content (AvgIpc) is 3.98. The summed E-state index contributed by atoms with van der Waals surface area (Å²) in [5.41, 5.74) is -0.0988. The number of nitrogens with zero attached hydrogens (tertiary/aromatic N) is 2. The molecule has 0 aromatic heterocycles. The van der Waals surface area contributed by atoms with Crippen molar-refractivity contribution in [3.8, 4) is 11.5 Å². The largest absolute Gasteiger partial charge is 0.490 e. The first-order valence-corrected chi connectivity index (χ1v) is 21.7. The van der Waals surface area contributed by atoms with Gasteiger partial charge in [-0.05, 0) is 93.1 Å². The lowest BCUT2D eigenvalue weighted by molar-refractivity contribution is -0.145. The van der Waals surface area contributed by atoms with Crippen LogP contribution in [0.15, 0.2) is 97.1 Å². The van der Waals surface area contributed by atoms with Crippen molar-refractivity contribution in [3.05, 3.63) is 130 Å². The molecule has 4 aromatic carbocycles. The zero-order valence-electron chi connectivity index (χ0n) is 37.7. The molecule has 348 valence electrons. The van der Waals surface area contributed by atoms with Gasteiger partial charge in [-0.1, -0.05) is 64.3 Å². The maximum Gasteiger partial charge on any atom is 0.326 e. The summed E-state index contributed by atoms with van der Waals surface area (Å²) in [5, 5.41) is 10.4. The maximum absolute atomic E-state index is 12.5. The molecule has 0 bridgehead atoms. The van der Waals surface area contributed by atoms with Gasteiger partial charge in [-0.25, -0.2) is 0 Å². The Labute approximate surface area is 382 Å². The van der Waals surface area contributed by atoms with Crippen molar-refractivity contribution in [2.45, 2.75) is 71.5 Å². The van der Waals surface area contributed by atoms with E-state index in [0.717, 1.165) is 22.6 Å². The van der Waals surface area contributed by atoms with Gasteiger partial charge in [-0.15, -0.1) is 0 Å². The lowest BCUT2D eigenvalue weighted by Gasteiger charge is -2.21. The molecule has 2 unspecified atom stereocenters. The number of Topliss-reactive ketones (excluding diaryl/α,β-unsaturated/α-hetero) is 2. The molecule has 2 atom stereocenters. The Bertz CT molecular complexity index is 2350. The standard InChI is InChI=1S/C25H27NO7.C22H19NO7.C3H8/c1-3-4-13-25(2,31)22(28)17-9-11-18(12-10-17)32-14-15-33-21(27)16-26-23(29)19-7-5-6-8-20(19)24(26)30;1-22(13-30-22)19(25)14-6-8-15(9-7-14)28-10-11-29-18(24)12-23-20(26)16-4-2-3-5-17(16)21(23)27;1-3-2/h5-12,31H,3-4,13-16H2,1-2H3;2-9H,10-13H2,1H3;3H2,1-2H3.